The van der Waals surface area contributed by atoms with E-state index in [2.05, 4.69) is 6.07 Å². The van der Waals surface area contributed by atoms with Crippen LogP contribution >= 0.6 is 0 Å². The van der Waals surface area contributed by atoms with Crippen LogP contribution in [0.15, 0.2) is 36.4 Å². The SMILES string of the molecule is O=C(CS(=O)(=O)O)OCCCOc1ccc2cc(C3CO3)ccc2c1. The fourth-order valence-corrected chi connectivity index (χ4v) is 2.78. The van der Waals surface area contributed by atoms with Gasteiger partial charge in [0.05, 0.1) is 19.8 Å². The van der Waals surface area contributed by atoms with Gasteiger partial charge in [-0.3, -0.25) is 9.35 Å². The van der Waals surface area contributed by atoms with Gasteiger partial charge in [0.2, 0.25) is 0 Å². The molecule has 1 fully saturated rings. The van der Waals surface area contributed by atoms with Crippen LogP contribution in [0, 0.1) is 0 Å². The summed E-state index contributed by atoms with van der Waals surface area (Å²) in [4.78, 5) is 11.1. The van der Waals surface area contributed by atoms with E-state index in [0.29, 0.717) is 18.8 Å². The third-order valence-corrected chi connectivity index (χ3v) is 4.26. The molecule has 2 aromatic carbocycles. The minimum Gasteiger partial charge on any atom is -0.493 e. The number of carbonyl (C=O) groups excluding carboxylic acids is 1. The Morgan fingerprint density at radius 2 is 1.88 bits per heavy atom. The van der Waals surface area contributed by atoms with Crippen molar-refractivity contribution < 1.29 is 32.0 Å². The molecule has 1 atom stereocenters. The van der Waals surface area contributed by atoms with Crippen LogP contribution in [0.25, 0.3) is 10.8 Å². The molecule has 0 aromatic heterocycles. The zero-order chi connectivity index (χ0) is 17.9. The van der Waals surface area contributed by atoms with Crippen LogP contribution in [0.5, 0.6) is 5.75 Å². The maximum atomic E-state index is 11.1. The summed E-state index contributed by atoms with van der Waals surface area (Å²) in [6, 6.07) is 11.9. The topological polar surface area (TPSA) is 102 Å². The molecule has 1 saturated heterocycles. The third kappa shape index (κ3) is 5.42. The van der Waals surface area contributed by atoms with E-state index in [0.717, 1.165) is 17.4 Å². The second kappa shape index (κ2) is 7.38. The van der Waals surface area contributed by atoms with Gasteiger partial charge in [-0.05, 0) is 34.5 Å². The number of epoxide rings is 1. The molecule has 1 aliphatic heterocycles. The lowest BCUT2D eigenvalue weighted by Crippen LogP contribution is -2.18. The molecule has 25 heavy (non-hydrogen) atoms. The lowest BCUT2D eigenvalue weighted by atomic mass is 10.1. The Bertz CT molecular complexity index is 872. The van der Waals surface area contributed by atoms with Gasteiger partial charge in [-0.25, -0.2) is 0 Å². The van der Waals surface area contributed by atoms with Crippen LogP contribution in [-0.4, -0.2) is 44.5 Å². The number of rotatable bonds is 8. The Hall–Kier alpha value is -2.16. The zero-order valence-corrected chi connectivity index (χ0v) is 14.2. The number of hydrogen-bond acceptors (Lipinski definition) is 6. The number of benzene rings is 2. The average Bonchev–Trinajstić information content (AvgIpc) is 3.37. The van der Waals surface area contributed by atoms with E-state index >= 15 is 0 Å². The highest BCUT2D eigenvalue weighted by molar-refractivity contribution is 7.86. The fourth-order valence-electron chi connectivity index (χ4n) is 2.40. The molecule has 0 radical (unpaired) electrons. The molecular formula is C17H18O7S. The van der Waals surface area contributed by atoms with Gasteiger partial charge in [0.25, 0.3) is 10.1 Å². The molecular weight excluding hydrogens is 348 g/mol. The van der Waals surface area contributed by atoms with Gasteiger partial charge < -0.3 is 14.2 Å². The van der Waals surface area contributed by atoms with Crippen LogP contribution < -0.4 is 4.74 Å². The molecule has 1 aliphatic rings. The van der Waals surface area contributed by atoms with E-state index in [-0.39, 0.29) is 12.7 Å². The molecule has 3 rings (SSSR count). The first-order chi connectivity index (χ1) is 11.9. The Kier molecular flexibility index (Phi) is 5.22. The number of esters is 1. The molecule has 0 spiro atoms. The van der Waals surface area contributed by atoms with Crippen LogP contribution in [-0.2, 0) is 24.4 Å². The molecule has 1 heterocycles. The molecule has 0 amide bonds. The van der Waals surface area contributed by atoms with E-state index in [1.165, 1.54) is 5.56 Å². The molecule has 1 unspecified atom stereocenters. The summed E-state index contributed by atoms with van der Waals surface area (Å²) in [6.07, 6.45) is 0.636. The molecule has 1 N–H and O–H groups in total. The third-order valence-electron chi connectivity index (χ3n) is 3.66. The van der Waals surface area contributed by atoms with E-state index in [1.54, 1.807) is 0 Å². The Morgan fingerprint density at radius 3 is 2.60 bits per heavy atom. The van der Waals surface area contributed by atoms with Crippen LogP contribution in [0.1, 0.15) is 18.1 Å². The summed E-state index contributed by atoms with van der Waals surface area (Å²) in [6.45, 7) is 1.12. The highest BCUT2D eigenvalue weighted by Gasteiger charge is 2.24. The van der Waals surface area contributed by atoms with Crippen molar-refractivity contribution >= 4 is 26.9 Å². The van der Waals surface area contributed by atoms with Crippen molar-refractivity contribution in [3.63, 3.8) is 0 Å². The standard InChI is InChI=1S/C17H18O7S/c18-17(11-25(19,20)21)23-7-1-6-22-15-5-4-12-8-14(16-10-24-16)3-2-13(12)9-15/h2-5,8-9,16H,1,6-7,10-11H2,(H,19,20,21). The number of hydrogen-bond donors (Lipinski definition) is 1. The molecule has 7 nitrogen and oxygen atoms in total. The first-order valence-electron chi connectivity index (χ1n) is 7.80. The van der Waals surface area contributed by atoms with Crippen molar-refractivity contribution in [2.75, 3.05) is 25.6 Å². The predicted octanol–water partition coefficient (Wildman–Crippen LogP) is 2.11. The number of fused-ring (bicyclic) bond motifs is 1. The molecule has 0 aliphatic carbocycles. The lowest BCUT2D eigenvalue weighted by molar-refractivity contribution is -0.140. The molecule has 0 saturated carbocycles. The van der Waals surface area contributed by atoms with Crippen molar-refractivity contribution in [1.29, 1.82) is 0 Å². The van der Waals surface area contributed by atoms with Gasteiger partial charge >= 0.3 is 5.97 Å². The monoisotopic (exact) mass is 366 g/mol. The quantitative estimate of drug-likeness (QED) is 0.330. The fraction of sp³-hybridized carbons (Fsp3) is 0.353. The van der Waals surface area contributed by atoms with Crippen molar-refractivity contribution in [1.82, 2.24) is 0 Å². The summed E-state index contributed by atoms with van der Waals surface area (Å²) in [5.74, 6) is -1.32. The normalized spacial score (nSPS) is 16.6. The van der Waals surface area contributed by atoms with Crippen molar-refractivity contribution in [3.05, 3.63) is 42.0 Å². The zero-order valence-electron chi connectivity index (χ0n) is 13.4. The Morgan fingerprint density at radius 1 is 1.16 bits per heavy atom. The second-order valence-electron chi connectivity index (χ2n) is 5.74. The number of carbonyl (C=O) groups is 1. The highest BCUT2D eigenvalue weighted by Crippen LogP contribution is 2.32. The Balaban J connectivity index is 1.45. The maximum absolute atomic E-state index is 11.1. The Labute approximate surface area is 145 Å². The van der Waals surface area contributed by atoms with Crippen LogP contribution in [0.2, 0.25) is 0 Å². The maximum Gasteiger partial charge on any atom is 0.323 e. The second-order valence-corrected chi connectivity index (χ2v) is 7.19. The van der Waals surface area contributed by atoms with Crippen molar-refractivity contribution in [3.8, 4) is 5.75 Å². The first kappa shape index (κ1) is 17.7. The van der Waals surface area contributed by atoms with E-state index in [4.69, 9.17) is 18.8 Å². The molecule has 2 aromatic rings. The summed E-state index contributed by atoms with van der Waals surface area (Å²) in [7, 11) is -4.35. The summed E-state index contributed by atoms with van der Waals surface area (Å²) < 4.78 is 45.1. The largest absolute Gasteiger partial charge is 0.493 e. The average molecular weight is 366 g/mol. The van der Waals surface area contributed by atoms with E-state index in [9.17, 15) is 13.2 Å². The predicted molar refractivity (Wildman–Crippen MR) is 90.1 cm³/mol. The molecule has 0 bridgehead atoms. The van der Waals surface area contributed by atoms with Gasteiger partial charge in [-0.2, -0.15) is 8.42 Å². The summed E-state index contributed by atoms with van der Waals surface area (Å²) >= 11 is 0. The van der Waals surface area contributed by atoms with Crippen molar-refractivity contribution in [2.24, 2.45) is 0 Å². The van der Waals surface area contributed by atoms with Crippen molar-refractivity contribution in [2.45, 2.75) is 12.5 Å². The van der Waals surface area contributed by atoms with Gasteiger partial charge in [0, 0.05) is 6.42 Å². The van der Waals surface area contributed by atoms with Gasteiger partial charge in [0.15, 0.2) is 5.75 Å². The van der Waals surface area contributed by atoms with Gasteiger partial charge in [-0.15, -0.1) is 0 Å². The minimum absolute atomic E-state index is 0.0205. The summed E-state index contributed by atoms with van der Waals surface area (Å²) in [5, 5.41) is 2.17. The van der Waals surface area contributed by atoms with Gasteiger partial charge in [-0.1, -0.05) is 18.2 Å². The first-order valence-corrected chi connectivity index (χ1v) is 9.40. The van der Waals surface area contributed by atoms with E-state index in [1.807, 2.05) is 30.3 Å². The minimum atomic E-state index is -4.35. The van der Waals surface area contributed by atoms with E-state index < -0.39 is 21.8 Å². The van der Waals surface area contributed by atoms with Crippen LogP contribution in [0.4, 0.5) is 0 Å². The molecule has 134 valence electrons. The molecule has 8 heteroatoms. The smallest absolute Gasteiger partial charge is 0.323 e. The lowest BCUT2D eigenvalue weighted by Gasteiger charge is -2.08. The van der Waals surface area contributed by atoms with Gasteiger partial charge in [0.1, 0.15) is 11.9 Å². The number of ether oxygens (including phenoxy) is 3. The van der Waals surface area contributed by atoms with Crippen LogP contribution in [0.3, 0.4) is 0 Å². The highest BCUT2D eigenvalue weighted by atomic mass is 32.2. The summed E-state index contributed by atoms with van der Waals surface area (Å²) in [5.41, 5.74) is 1.17.